The SMILES string of the molecule is COc1ccc(C2CC(c3ccccc3)=NN2C(=O)COC(=O)c2ccc(Oc3ccccc3)cc2)cc1. The molecule has 0 aliphatic carbocycles. The maximum Gasteiger partial charge on any atom is 0.338 e. The molecule has 0 bridgehead atoms. The number of ether oxygens (including phenoxy) is 3. The lowest BCUT2D eigenvalue weighted by atomic mass is 9.98. The molecule has 190 valence electrons. The molecule has 0 saturated heterocycles. The van der Waals surface area contributed by atoms with Crippen LogP contribution in [0.25, 0.3) is 0 Å². The topological polar surface area (TPSA) is 77.4 Å². The van der Waals surface area contributed by atoms with Crippen molar-refractivity contribution in [3.05, 3.63) is 126 Å². The highest BCUT2D eigenvalue weighted by Crippen LogP contribution is 2.33. The number of nitrogens with zero attached hydrogens (tertiary/aromatic N) is 2. The number of benzene rings is 4. The Morgan fingerprint density at radius 3 is 2.05 bits per heavy atom. The van der Waals surface area contributed by atoms with Gasteiger partial charge in [0.2, 0.25) is 0 Å². The van der Waals surface area contributed by atoms with Crippen LogP contribution in [0.4, 0.5) is 0 Å². The Hall–Kier alpha value is -4.91. The third kappa shape index (κ3) is 5.73. The molecule has 1 unspecified atom stereocenters. The summed E-state index contributed by atoms with van der Waals surface area (Å²) < 4.78 is 16.4. The van der Waals surface area contributed by atoms with Gasteiger partial charge in [-0.2, -0.15) is 5.10 Å². The highest BCUT2D eigenvalue weighted by Gasteiger charge is 2.33. The van der Waals surface area contributed by atoms with Crippen LogP contribution in [-0.2, 0) is 9.53 Å². The second-order valence-corrected chi connectivity index (χ2v) is 8.66. The van der Waals surface area contributed by atoms with Crippen LogP contribution in [0.15, 0.2) is 114 Å². The lowest BCUT2D eigenvalue weighted by Crippen LogP contribution is -2.31. The quantitative estimate of drug-likeness (QED) is 0.273. The van der Waals surface area contributed by atoms with Gasteiger partial charge in [-0.1, -0.05) is 60.7 Å². The monoisotopic (exact) mass is 506 g/mol. The van der Waals surface area contributed by atoms with Gasteiger partial charge in [0.1, 0.15) is 17.2 Å². The zero-order valence-electron chi connectivity index (χ0n) is 20.8. The predicted octanol–water partition coefficient (Wildman–Crippen LogP) is 6.02. The molecule has 0 saturated carbocycles. The Morgan fingerprint density at radius 1 is 0.789 bits per heavy atom. The number of hydrogen-bond acceptors (Lipinski definition) is 6. The maximum absolute atomic E-state index is 13.2. The summed E-state index contributed by atoms with van der Waals surface area (Å²) in [5.41, 5.74) is 2.96. The van der Waals surface area contributed by atoms with Gasteiger partial charge >= 0.3 is 5.97 Å². The van der Waals surface area contributed by atoms with Gasteiger partial charge in [0, 0.05) is 6.42 Å². The Kier molecular flexibility index (Phi) is 7.45. The Bertz CT molecular complexity index is 1420. The van der Waals surface area contributed by atoms with E-state index in [4.69, 9.17) is 14.2 Å². The summed E-state index contributed by atoms with van der Waals surface area (Å²) in [5, 5.41) is 6.03. The van der Waals surface area contributed by atoms with E-state index in [-0.39, 0.29) is 6.04 Å². The molecule has 0 radical (unpaired) electrons. The van der Waals surface area contributed by atoms with Crippen LogP contribution in [0.2, 0.25) is 0 Å². The van der Waals surface area contributed by atoms with Gasteiger partial charge in [0.05, 0.1) is 24.4 Å². The number of carbonyl (C=O) groups excluding carboxylic acids is 2. The van der Waals surface area contributed by atoms with E-state index in [1.807, 2.05) is 84.9 Å². The van der Waals surface area contributed by atoms with Crippen molar-refractivity contribution in [2.45, 2.75) is 12.5 Å². The molecule has 1 amide bonds. The molecular formula is C31H26N2O5. The van der Waals surface area contributed by atoms with Crippen molar-refractivity contribution in [3.8, 4) is 17.2 Å². The summed E-state index contributed by atoms with van der Waals surface area (Å²) in [6.45, 7) is -0.431. The van der Waals surface area contributed by atoms with E-state index in [0.717, 1.165) is 22.6 Å². The van der Waals surface area contributed by atoms with Crippen molar-refractivity contribution in [1.82, 2.24) is 5.01 Å². The van der Waals surface area contributed by atoms with Gasteiger partial charge in [0.15, 0.2) is 6.61 Å². The van der Waals surface area contributed by atoms with E-state index in [9.17, 15) is 9.59 Å². The Labute approximate surface area is 220 Å². The number of carbonyl (C=O) groups is 2. The second kappa shape index (κ2) is 11.4. The van der Waals surface area contributed by atoms with Crippen LogP contribution in [0.1, 0.15) is 33.9 Å². The largest absolute Gasteiger partial charge is 0.497 e. The fraction of sp³-hybridized carbons (Fsp3) is 0.129. The van der Waals surface area contributed by atoms with E-state index >= 15 is 0 Å². The summed E-state index contributed by atoms with van der Waals surface area (Å²) >= 11 is 0. The predicted molar refractivity (Wildman–Crippen MR) is 143 cm³/mol. The smallest absolute Gasteiger partial charge is 0.338 e. The minimum atomic E-state index is -0.600. The number of para-hydroxylation sites is 1. The third-order valence-electron chi connectivity index (χ3n) is 6.17. The van der Waals surface area contributed by atoms with Gasteiger partial charge in [-0.25, -0.2) is 9.80 Å². The summed E-state index contributed by atoms with van der Waals surface area (Å²) in [6, 6.07) is 32.9. The molecule has 1 atom stereocenters. The lowest BCUT2D eigenvalue weighted by Gasteiger charge is -2.22. The fourth-order valence-corrected chi connectivity index (χ4v) is 4.19. The van der Waals surface area contributed by atoms with Crippen molar-refractivity contribution < 1.29 is 23.8 Å². The van der Waals surface area contributed by atoms with Crippen LogP contribution in [0.5, 0.6) is 17.2 Å². The first-order valence-electron chi connectivity index (χ1n) is 12.2. The normalized spacial score (nSPS) is 14.5. The van der Waals surface area contributed by atoms with Crippen molar-refractivity contribution >= 4 is 17.6 Å². The summed E-state index contributed by atoms with van der Waals surface area (Å²) in [6.07, 6.45) is 0.541. The molecule has 0 N–H and O–H groups in total. The zero-order valence-corrected chi connectivity index (χ0v) is 20.8. The minimum absolute atomic E-state index is 0.319. The molecule has 4 aromatic carbocycles. The summed E-state index contributed by atoms with van der Waals surface area (Å²) in [4.78, 5) is 25.9. The van der Waals surface area contributed by atoms with Crippen LogP contribution < -0.4 is 9.47 Å². The Balaban J connectivity index is 1.27. The Morgan fingerprint density at radius 2 is 1.39 bits per heavy atom. The molecule has 0 fully saturated rings. The van der Waals surface area contributed by atoms with Crippen LogP contribution in [-0.4, -0.2) is 36.3 Å². The van der Waals surface area contributed by atoms with Gasteiger partial charge in [-0.3, -0.25) is 4.79 Å². The maximum atomic E-state index is 13.2. The number of methoxy groups -OCH3 is 1. The molecule has 5 rings (SSSR count). The second-order valence-electron chi connectivity index (χ2n) is 8.66. The number of esters is 1. The molecule has 1 aliphatic heterocycles. The third-order valence-corrected chi connectivity index (χ3v) is 6.17. The molecule has 7 nitrogen and oxygen atoms in total. The molecule has 7 heteroatoms. The molecule has 0 aromatic heterocycles. The molecular weight excluding hydrogens is 480 g/mol. The van der Waals surface area contributed by atoms with E-state index in [1.165, 1.54) is 5.01 Å². The van der Waals surface area contributed by atoms with Crippen LogP contribution >= 0.6 is 0 Å². The summed E-state index contributed by atoms with van der Waals surface area (Å²) in [5.74, 6) is 1.00. The molecule has 0 spiro atoms. The van der Waals surface area contributed by atoms with E-state index in [1.54, 1.807) is 31.4 Å². The van der Waals surface area contributed by atoms with E-state index in [0.29, 0.717) is 23.5 Å². The lowest BCUT2D eigenvalue weighted by molar-refractivity contribution is -0.136. The van der Waals surface area contributed by atoms with Crippen LogP contribution in [0, 0.1) is 0 Å². The highest BCUT2D eigenvalue weighted by atomic mass is 16.5. The first-order chi connectivity index (χ1) is 18.6. The average Bonchev–Trinajstić information content (AvgIpc) is 3.43. The van der Waals surface area contributed by atoms with E-state index in [2.05, 4.69) is 5.10 Å². The first kappa shape index (κ1) is 24.8. The van der Waals surface area contributed by atoms with Crippen molar-refractivity contribution in [1.29, 1.82) is 0 Å². The van der Waals surface area contributed by atoms with Crippen molar-refractivity contribution in [3.63, 3.8) is 0 Å². The van der Waals surface area contributed by atoms with E-state index < -0.39 is 18.5 Å². The average molecular weight is 507 g/mol. The fourth-order valence-electron chi connectivity index (χ4n) is 4.19. The summed E-state index contributed by atoms with van der Waals surface area (Å²) in [7, 11) is 1.61. The van der Waals surface area contributed by atoms with Gasteiger partial charge in [-0.15, -0.1) is 0 Å². The van der Waals surface area contributed by atoms with Gasteiger partial charge < -0.3 is 14.2 Å². The molecule has 4 aromatic rings. The number of hydrazone groups is 1. The van der Waals surface area contributed by atoms with Gasteiger partial charge in [-0.05, 0) is 59.7 Å². The van der Waals surface area contributed by atoms with Gasteiger partial charge in [0.25, 0.3) is 5.91 Å². The number of rotatable bonds is 8. The molecule has 1 heterocycles. The standard InChI is InChI=1S/C31H26N2O5/c1-36-25-16-12-23(13-17-25)29-20-28(22-8-4-2-5-9-22)32-33(29)30(34)21-37-31(35)24-14-18-27(19-15-24)38-26-10-6-3-7-11-26/h2-19,29H,20-21H2,1H3. The number of amides is 1. The number of hydrogen-bond donors (Lipinski definition) is 0. The van der Waals surface area contributed by atoms with Crippen LogP contribution in [0.3, 0.4) is 0 Å². The molecule has 38 heavy (non-hydrogen) atoms. The first-order valence-corrected chi connectivity index (χ1v) is 12.2. The highest BCUT2D eigenvalue weighted by molar-refractivity contribution is 6.03. The minimum Gasteiger partial charge on any atom is -0.497 e. The zero-order chi connectivity index (χ0) is 26.3. The molecule has 1 aliphatic rings. The van der Waals surface area contributed by atoms with Crippen molar-refractivity contribution in [2.75, 3.05) is 13.7 Å². The van der Waals surface area contributed by atoms with Crippen molar-refractivity contribution in [2.24, 2.45) is 5.10 Å².